The molecule has 33 heavy (non-hydrogen) atoms. The Kier molecular flexibility index (Phi) is 9.12. The van der Waals surface area contributed by atoms with Crippen LogP contribution in [0.25, 0.3) is 0 Å². The van der Waals surface area contributed by atoms with Crippen molar-refractivity contribution in [1.29, 1.82) is 0 Å². The molecule has 6 nitrogen and oxygen atoms in total. The Morgan fingerprint density at radius 1 is 1.21 bits per heavy atom. The number of ether oxygens (including phenoxy) is 1. The molecule has 180 valence electrons. The SMILES string of the molecule is Cc1cc(OCCCC2CCN(c3ccc(C(C)C)cn3)CC2)ccc1C(=O)NC(C)CO. The standard InChI is InChI=1S/C27H39N3O3/c1-19(2)23-7-10-26(28-17-23)30-13-11-22(12-14-30)6-5-15-33-24-8-9-25(20(3)16-24)27(32)29-21(4)18-31/h7-10,16-17,19,21-22,31H,5-6,11-15,18H2,1-4H3,(H,29,32). The summed E-state index contributed by atoms with van der Waals surface area (Å²) in [6.07, 6.45) is 6.61. The predicted molar refractivity (Wildman–Crippen MR) is 133 cm³/mol. The number of pyridine rings is 1. The van der Waals surface area contributed by atoms with Crippen LogP contribution in [0.3, 0.4) is 0 Å². The lowest BCUT2D eigenvalue weighted by Gasteiger charge is -2.33. The second kappa shape index (κ2) is 12.0. The second-order valence-corrected chi connectivity index (χ2v) is 9.56. The fourth-order valence-corrected chi connectivity index (χ4v) is 4.27. The van der Waals surface area contributed by atoms with Gasteiger partial charge in [0, 0.05) is 30.9 Å². The fourth-order valence-electron chi connectivity index (χ4n) is 4.27. The van der Waals surface area contributed by atoms with E-state index in [1.807, 2.05) is 25.3 Å². The fraction of sp³-hybridized carbons (Fsp3) is 0.556. The summed E-state index contributed by atoms with van der Waals surface area (Å²) in [6.45, 7) is 10.8. The van der Waals surface area contributed by atoms with E-state index < -0.39 is 0 Å². The van der Waals surface area contributed by atoms with Crippen molar-refractivity contribution in [2.75, 3.05) is 31.2 Å². The first-order valence-corrected chi connectivity index (χ1v) is 12.2. The first kappa shape index (κ1) is 25.0. The normalized spacial score (nSPS) is 15.5. The highest BCUT2D eigenvalue weighted by Crippen LogP contribution is 2.26. The lowest BCUT2D eigenvalue weighted by molar-refractivity contribution is 0.0921. The van der Waals surface area contributed by atoms with E-state index >= 15 is 0 Å². The van der Waals surface area contributed by atoms with E-state index in [9.17, 15) is 4.79 Å². The van der Waals surface area contributed by atoms with Crippen LogP contribution in [0.4, 0.5) is 5.82 Å². The van der Waals surface area contributed by atoms with Gasteiger partial charge < -0.3 is 20.1 Å². The number of aliphatic hydroxyl groups excluding tert-OH is 1. The van der Waals surface area contributed by atoms with Crippen molar-refractivity contribution in [3.05, 3.63) is 53.2 Å². The third-order valence-corrected chi connectivity index (χ3v) is 6.50. The molecule has 1 aliphatic heterocycles. The van der Waals surface area contributed by atoms with E-state index in [2.05, 4.69) is 41.2 Å². The van der Waals surface area contributed by atoms with E-state index in [-0.39, 0.29) is 18.6 Å². The first-order chi connectivity index (χ1) is 15.9. The van der Waals surface area contributed by atoms with Gasteiger partial charge in [-0.25, -0.2) is 4.98 Å². The van der Waals surface area contributed by atoms with Crippen LogP contribution in [0.1, 0.15) is 73.9 Å². The molecule has 1 fully saturated rings. The van der Waals surface area contributed by atoms with Gasteiger partial charge in [-0.15, -0.1) is 0 Å². The molecule has 2 N–H and O–H groups in total. The summed E-state index contributed by atoms with van der Waals surface area (Å²) in [5.74, 6) is 2.98. The van der Waals surface area contributed by atoms with Crippen LogP contribution >= 0.6 is 0 Å². The predicted octanol–water partition coefficient (Wildman–Crippen LogP) is 4.70. The number of benzene rings is 1. The number of hydrogen-bond donors (Lipinski definition) is 2. The van der Waals surface area contributed by atoms with Crippen molar-refractivity contribution in [1.82, 2.24) is 10.3 Å². The van der Waals surface area contributed by atoms with Crippen molar-refractivity contribution in [2.45, 2.75) is 65.3 Å². The second-order valence-electron chi connectivity index (χ2n) is 9.56. The van der Waals surface area contributed by atoms with Gasteiger partial charge in [0.2, 0.25) is 0 Å². The summed E-state index contributed by atoms with van der Waals surface area (Å²) in [5.41, 5.74) is 2.78. The quantitative estimate of drug-likeness (QED) is 0.510. The van der Waals surface area contributed by atoms with E-state index in [0.717, 1.165) is 42.6 Å². The minimum absolute atomic E-state index is 0.0761. The molecule has 1 atom stereocenters. The van der Waals surface area contributed by atoms with E-state index in [1.54, 1.807) is 13.0 Å². The maximum absolute atomic E-state index is 12.3. The lowest BCUT2D eigenvalue weighted by atomic mass is 9.92. The number of hydrogen-bond acceptors (Lipinski definition) is 5. The van der Waals surface area contributed by atoms with Crippen LogP contribution in [0.2, 0.25) is 0 Å². The molecule has 1 aromatic heterocycles. The number of aryl methyl sites for hydroxylation is 1. The Bertz CT molecular complexity index is 890. The van der Waals surface area contributed by atoms with Crippen LogP contribution in [0.5, 0.6) is 5.75 Å². The molecule has 1 aliphatic rings. The van der Waals surface area contributed by atoms with Crippen molar-refractivity contribution < 1.29 is 14.6 Å². The Morgan fingerprint density at radius 2 is 1.97 bits per heavy atom. The minimum Gasteiger partial charge on any atom is -0.494 e. The highest BCUT2D eigenvalue weighted by atomic mass is 16.5. The van der Waals surface area contributed by atoms with Gasteiger partial charge in [-0.3, -0.25) is 4.79 Å². The van der Waals surface area contributed by atoms with Gasteiger partial charge in [-0.2, -0.15) is 0 Å². The average Bonchev–Trinajstić information content (AvgIpc) is 2.82. The van der Waals surface area contributed by atoms with Crippen LogP contribution in [0.15, 0.2) is 36.5 Å². The zero-order chi connectivity index (χ0) is 23.8. The van der Waals surface area contributed by atoms with Gasteiger partial charge in [-0.1, -0.05) is 19.9 Å². The molecule has 0 radical (unpaired) electrons. The van der Waals surface area contributed by atoms with Crippen molar-refractivity contribution in [3.8, 4) is 5.75 Å². The molecule has 1 saturated heterocycles. The number of piperidine rings is 1. The van der Waals surface area contributed by atoms with E-state index in [1.165, 1.54) is 24.8 Å². The van der Waals surface area contributed by atoms with E-state index in [4.69, 9.17) is 9.84 Å². The van der Waals surface area contributed by atoms with Gasteiger partial charge >= 0.3 is 0 Å². The van der Waals surface area contributed by atoms with Gasteiger partial charge in [0.15, 0.2) is 0 Å². The molecule has 0 bridgehead atoms. The first-order valence-electron chi connectivity index (χ1n) is 12.2. The maximum atomic E-state index is 12.3. The molecule has 0 saturated carbocycles. The van der Waals surface area contributed by atoms with Crippen LogP contribution < -0.4 is 15.0 Å². The average molecular weight is 454 g/mol. The highest BCUT2D eigenvalue weighted by Gasteiger charge is 2.20. The van der Waals surface area contributed by atoms with Crippen molar-refractivity contribution in [2.24, 2.45) is 5.92 Å². The van der Waals surface area contributed by atoms with Crippen molar-refractivity contribution in [3.63, 3.8) is 0 Å². The number of carbonyl (C=O) groups is 1. The summed E-state index contributed by atoms with van der Waals surface area (Å²) in [4.78, 5) is 19.3. The lowest BCUT2D eigenvalue weighted by Crippen LogP contribution is -2.35. The Balaban J connectivity index is 1.37. The largest absolute Gasteiger partial charge is 0.494 e. The number of amides is 1. The van der Waals surface area contributed by atoms with Crippen LogP contribution in [-0.4, -0.2) is 48.3 Å². The molecule has 1 unspecified atom stereocenters. The van der Waals surface area contributed by atoms with Gasteiger partial charge in [0.1, 0.15) is 11.6 Å². The molecule has 6 heteroatoms. The van der Waals surface area contributed by atoms with Gasteiger partial charge in [-0.05, 0) is 86.8 Å². The summed E-state index contributed by atoms with van der Waals surface area (Å²) in [6, 6.07) is 9.65. The summed E-state index contributed by atoms with van der Waals surface area (Å²) in [7, 11) is 0. The monoisotopic (exact) mass is 453 g/mol. The molecule has 2 aromatic rings. The molecule has 2 heterocycles. The number of rotatable bonds is 10. The van der Waals surface area contributed by atoms with Gasteiger partial charge in [0.05, 0.1) is 13.2 Å². The molecule has 1 amide bonds. The Labute approximate surface area is 198 Å². The topological polar surface area (TPSA) is 74.7 Å². The zero-order valence-corrected chi connectivity index (χ0v) is 20.5. The van der Waals surface area contributed by atoms with Crippen LogP contribution in [0, 0.1) is 12.8 Å². The third-order valence-electron chi connectivity index (χ3n) is 6.50. The number of carbonyl (C=O) groups excluding carboxylic acids is 1. The third kappa shape index (κ3) is 7.19. The zero-order valence-electron chi connectivity index (χ0n) is 20.5. The number of nitrogens with one attached hydrogen (secondary N) is 1. The molecule has 0 aliphatic carbocycles. The molecule has 3 rings (SSSR count). The number of aromatic nitrogens is 1. The summed E-state index contributed by atoms with van der Waals surface area (Å²) >= 11 is 0. The Morgan fingerprint density at radius 3 is 2.58 bits per heavy atom. The molecule has 1 aromatic carbocycles. The molecule has 0 spiro atoms. The summed E-state index contributed by atoms with van der Waals surface area (Å²) in [5, 5.41) is 11.9. The van der Waals surface area contributed by atoms with Crippen LogP contribution in [-0.2, 0) is 0 Å². The van der Waals surface area contributed by atoms with E-state index in [0.29, 0.717) is 18.1 Å². The molecular weight excluding hydrogens is 414 g/mol. The Hall–Kier alpha value is -2.60. The molecular formula is C27H39N3O3. The summed E-state index contributed by atoms with van der Waals surface area (Å²) < 4.78 is 5.94. The smallest absolute Gasteiger partial charge is 0.251 e. The maximum Gasteiger partial charge on any atom is 0.251 e. The minimum atomic E-state index is -0.263. The number of aliphatic hydroxyl groups is 1. The van der Waals surface area contributed by atoms with Crippen molar-refractivity contribution >= 4 is 11.7 Å². The number of anilines is 1. The number of nitrogens with zero attached hydrogens (tertiary/aromatic N) is 2. The van der Waals surface area contributed by atoms with Gasteiger partial charge in [0.25, 0.3) is 5.91 Å². The highest BCUT2D eigenvalue weighted by molar-refractivity contribution is 5.95.